The Morgan fingerprint density at radius 1 is 1.30 bits per heavy atom. The Kier molecular flexibility index (Phi) is 5.33. The minimum Gasteiger partial charge on any atom is -0.377 e. The Balaban J connectivity index is 1.67. The van der Waals surface area contributed by atoms with Crippen LogP contribution in [0.5, 0.6) is 0 Å². The van der Waals surface area contributed by atoms with Crippen LogP contribution >= 0.6 is 0 Å². The lowest BCUT2D eigenvalue weighted by Gasteiger charge is -2.36. The maximum atomic E-state index is 12.5. The van der Waals surface area contributed by atoms with Gasteiger partial charge in [0.05, 0.1) is 32.9 Å². The van der Waals surface area contributed by atoms with Crippen molar-refractivity contribution in [1.29, 1.82) is 0 Å². The predicted molar refractivity (Wildman–Crippen MR) is 85.1 cm³/mol. The van der Waals surface area contributed by atoms with Crippen LogP contribution in [-0.4, -0.2) is 59.5 Å². The van der Waals surface area contributed by atoms with Gasteiger partial charge in [0.1, 0.15) is 0 Å². The molecule has 1 aromatic carbocycles. The molecule has 0 unspecified atom stereocenters. The standard InChI is InChI=1S/C16H17F3N4O4/c1-22(12-8-26-9-12)15(24)23(25-2)7-10-3-5-11(6-4-10)13-20-14(27-21-13)16(17,18)19/h3-6,12H,7-9H2,1-2H3. The highest BCUT2D eigenvalue weighted by Gasteiger charge is 2.38. The van der Waals surface area contributed by atoms with Crippen molar-refractivity contribution in [1.82, 2.24) is 20.1 Å². The minimum atomic E-state index is -4.69. The van der Waals surface area contributed by atoms with Gasteiger partial charge in [-0.1, -0.05) is 29.4 Å². The molecule has 11 heteroatoms. The van der Waals surface area contributed by atoms with Gasteiger partial charge in [-0.25, -0.2) is 4.79 Å². The molecule has 1 saturated heterocycles. The molecule has 1 fully saturated rings. The number of rotatable bonds is 5. The van der Waals surface area contributed by atoms with E-state index in [1.807, 2.05) is 0 Å². The normalized spacial score (nSPS) is 14.7. The predicted octanol–water partition coefficient (Wildman–Crippen LogP) is 2.57. The van der Waals surface area contributed by atoms with E-state index in [0.717, 1.165) is 0 Å². The number of benzene rings is 1. The molecule has 27 heavy (non-hydrogen) atoms. The molecular formula is C16H17F3N4O4. The summed E-state index contributed by atoms with van der Waals surface area (Å²) in [7, 11) is 3.05. The fourth-order valence-electron chi connectivity index (χ4n) is 2.37. The van der Waals surface area contributed by atoms with Gasteiger partial charge in [0.25, 0.3) is 0 Å². The lowest BCUT2D eigenvalue weighted by atomic mass is 10.1. The summed E-state index contributed by atoms with van der Waals surface area (Å²) in [5, 5.41) is 4.52. The van der Waals surface area contributed by atoms with Gasteiger partial charge in [0, 0.05) is 12.6 Å². The Morgan fingerprint density at radius 2 is 1.96 bits per heavy atom. The van der Waals surface area contributed by atoms with E-state index < -0.39 is 12.1 Å². The van der Waals surface area contributed by atoms with Gasteiger partial charge in [-0.05, 0) is 5.56 Å². The van der Waals surface area contributed by atoms with Crippen molar-refractivity contribution in [3.8, 4) is 11.4 Å². The second-order valence-electron chi connectivity index (χ2n) is 5.92. The van der Waals surface area contributed by atoms with Crippen molar-refractivity contribution in [2.24, 2.45) is 0 Å². The van der Waals surface area contributed by atoms with Crippen molar-refractivity contribution in [2.75, 3.05) is 27.4 Å². The summed E-state index contributed by atoms with van der Waals surface area (Å²) in [4.78, 5) is 22.5. The molecule has 8 nitrogen and oxygen atoms in total. The number of urea groups is 1. The molecule has 0 radical (unpaired) electrons. The highest BCUT2D eigenvalue weighted by molar-refractivity contribution is 5.73. The van der Waals surface area contributed by atoms with E-state index in [2.05, 4.69) is 14.7 Å². The van der Waals surface area contributed by atoms with Crippen LogP contribution in [-0.2, 0) is 22.3 Å². The number of carbonyl (C=O) groups is 1. The molecule has 0 spiro atoms. The summed E-state index contributed by atoms with van der Waals surface area (Å²) < 4.78 is 46.9. The Labute approximate surface area is 152 Å². The van der Waals surface area contributed by atoms with Crippen LogP contribution in [0.4, 0.5) is 18.0 Å². The number of halogens is 3. The van der Waals surface area contributed by atoms with E-state index in [9.17, 15) is 18.0 Å². The van der Waals surface area contributed by atoms with Gasteiger partial charge in [0.15, 0.2) is 0 Å². The number of amides is 2. The first-order valence-corrected chi connectivity index (χ1v) is 7.96. The van der Waals surface area contributed by atoms with E-state index in [1.165, 1.54) is 12.2 Å². The maximum absolute atomic E-state index is 12.5. The van der Waals surface area contributed by atoms with Crippen LogP contribution < -0.4 is 0 Å². The SMILES string of the molecule is CON(Cc1ccc(-c2noc(C(F)(F)F)n2)cc1)C(=O)N(C)C1COC1. The first kappa shape index (κ1) is 19.1. The number of aromatic nitrogens is 2. The third-order valence-corrected chi connectivity index (χ3v) is 4.11. The zero-order valence-electron chi connectivity index (χ0n) is 14.6. The molecule has 0 atom stereocenters. The number of hydroxylamine groups is 2. The van der Waals surface area contributed by atoms with E-state index in [4.69, 9.17) is 9.57 Å². The number of alkyl halides is 3. The smallest absolute Gasteiger partial charge is 0.377 e. The van der Waals surface area contributed by atoms with Gasteiger partial charge >= 0.3 is 18.1 Å². The van der Waals surface area contributed by atoms with Crippen molar-refractivity contribution < 1.29 is 32.1 Å². The molecule has 3 rings (SSSR count). The Bertz CT molecular complexity index is 790. The molecule has 0 saturated carbocycles. The van der Waals surface area contributed by atoms with Gasteiger partial charge in [-0.15, -0.1) is 0 Å². The molecule has 2 aromatic rings. The number of nitrogens with zero attached hydrogens (tertiary/aromatic N) is 4. The topological polar surface area (TPSA) is 80.9 Å². The number of likely N-dealkylation sites (N-methyl/N-ethyl adjacent to an activating group) is 1. The fourth-order valence-corrected chi connectivity index (χ4v) is 2.37. The van der Waals surface area contributed by atoms with Crippen LogP contribution in [0.25, 0.3) is 11.4 Å². The van der Waals surface area contributed by atoms with Gasteiger partial charge < -0.3 is 14.2 Å². The fraction of sp³-hybridized carbons (Fsp3) is 0.438. The highest BCUT2D eigenvalue weighted by Crippen LogP contribution is 2.29. The molecule has 2 heterocycles. The van der Waals surface area contributed by atoms with Crippen LogP contribution in [0.2, 0.25) is 0 Å². The number of carbonyl (C=O) groups excluding carboxylic acids is 1. The minimum absolute atomic E-state index is 0.0126. The van der Waals surface area contributed by atoms with Crippen LogP contribution in [0.1, 0.15) is 11.5 Å². The third-order valence-electron chi connectivity index (χ3n) is 4.11. The van der Waals surface area contributed by atoms with E-state index in [1.54, 1.807) is 36.2 Å². The molecule has 0 N–H and O–H groups in total. The van der Waals surface area contributed by atoms with E-state index in [-0.39, 0.29) is 24.4 Å². The monoisotopic (exact) mass is 386 g/mol. The first-order chi connectivity index (χ1) is 12.8. The van der Waals surface area contributed by atoms with Crippen LogP contribution in [0, 0.1) is 0 Å². The molecule has 0 aliphatic carbocycles. The molecule has 2 amide bonds. The summed E-state index contributed by atoms with van der Waals surface area (Å²) in [6.07, 6.45) is -4.69. The second-order valence-corrected chi connectivity index (χ2v) is 5.92. The van der Waals surface area contributed by atoms with Crippen molar-refractivity contribution >= 4 is 6.03 Å². The molecule has 1 aliphatic rings. The quantitative estimate of drug-likeness (QED) is 0.735. The zero-order valence-corrected chi connectivity index (χ0v) is 14.6. The lowest BCUT2D eigenvalue weighted by molar-refractivity contribution is -0.159. The summed E-state index contributed by atoms with van der Waals surface area (Å²) in [6.45, 7) is 1.13. The molecule has 0 bridgehead atoms. The largest absolute Gasteiger partial charge is 0.471 e. The number of hydrogen-bond donors (Lipinski definition) is 0. The Hall–Kier alpha value is -2.66. The molecule has 1 aliphatic heterocycles. The average Bonchev–Trinajstić information content (AvgIpc) is 3.08. The van der Waals surface area contributed by atoms with Crippen molar-refractivity contribution in [3.63, 3.8) is 0 Å². The highest BCUT2D eigenvalue weighted by atomic mass is 19.4. The number of hydrogen-bond acceptors (Lipinski definition) is 6. The van der Waals surface area contributed by atoms with Crippen LogP contribution in [0.3, 0.4) is 0 Å². The summed E-state index contributed by atoms with van der Waals surface area (Å²) in [5.74, 6) is -1.57. The number of ether oxygens (including phenoxy) is 1. The van der Waals surface area contributed by atoms with E-state index >= 15 is 0 Å². The van der Waals surface area contributed by atoms with Crippen molar-refractivity contribution in [3.05, 3.63) is 35.7 Å². The molecular weight excluding hydrogens is 369 g/mol. The summed E-state index contributed by atoms with van der Waals surface area (Å²) in [5.41, 5.74) is 1.07. The maximum Gasteiger partial charge on any atom is 0.471 e. The third kappa shape index (κ3) is 4.19. The van der Waals surface area contributed by atoms with Gasteiger partial charge in [0.2, 0.25) is 5.82 Å². The summed E-state index contributed by atoms with van der Waals surface area (Å²) >= 11 is 0. The molecule has 146 valence electrons. The van der Waals surface area contributed by atoms with Gasteiger partial charge in [-0.2, -0.15) is 23.2 Å². The zero-order chi connectivity index (χ0) is 19.6. The van der Waals surface area contributed by atoms with E-state index in [0.29, 0.717) is 24.3 Å². The first-order valence-electron chi connectivity index (χ1n) is 7.96. The van der Waals surface area contributed by atoms with Gasteiger partial charge in [-0.3, -0.25) is 4.84 Å². The lowest BCUT2D eigenvalue weighted by Crippen LogP contribution is -2.53. The Morgan fingerprint density at radius 3 is 2.44 bits per heavy atom. The average molecular weight is 386 g/mol. The van der Waals surface area contributed by atoms with Crippen LogP contribution in [0.15, 0.2) is 28.8 Å². The summed E-state index contributed by atoms with van der Waals surface area (Å²) in [6, 6.07) is 6.07. The second kappa shape index (κ2) is 7.53. The van der Waals surface area contributed by atoms with Crippen molar-refractivity contribution in [2.45, 2.75) is 18.8 Å². The molecule has 1 aromatic heterocycles.